The van der Waals surface area contributed by atoms with Crippen LogP contribution in [0.4, 0.5) is 37.7 Å². The van der Waals surface area contributed by atoms with E-state index in [1.165, 1.54) is 24.3 Å². The summed E-state index contributed by atoms with van der Waals surface area (Å²) in [6.45, 7) is -0.0618. The van der Waals surface area contributed by atoms with Gasteiger partial charge in [-0.3, -0.25) is 9.59 Å². The third-order valence-electron chi connectivity index (χ3n) is 5.53. The lowest BCUT2D eigenvalue weighted by atomic mass is 10.1. The number of rotatable bonds is 9. The normalized spacial score (nSPS) is 10.8. The van der Waals surface area contributed by atoms with Crippen molar-refractivity contribution in [2.75, 3.05) is 10.6 Å². The zero-order chi connectivity index (χ0) is 33.7. The molecule has 0 aliphatic carbocycles. The second-order valence-electron chi connectivity index (χ2n) is 9.01. The molecule has 0 aliphatic heterocycles. The van der Waals surface area contributed by atoms with Crippen molar-refractivity contribution in [3.63, 3.8) is 0 Å². The molecule has 46 heavy (non-hydrogen) atoms. The van der Waals surface area contributed by atoms with Gasteiger partial charge < -0.3 is 25.2 Å². The summed E-state index contributed by atoms with van der Waals surface area (Å²) >= 11 is 0. The lowest BCUT2D eigenvalue weighted by Crippen LogP contribution is -2.18. The van der Waals surface area contributed by atoms with E-state index in [0.29, 0.717) is 22.5 Å². The van der Waals surface area contributed by atoms with E-state index in [0.717, 1.165) is 24.3 Å². The van der Waals surface area contributed by atoms with Crippen molar-refractivity contribution >= 4 is 23.2 Å². The Morgan fingerprint density at radius 2 is 1.13 bits per heavy atom. The van der Waals surface area contributed by atoms with E-state index in [2.05, 4.69) is 30.1 Å². The van der Waals surface area contributed by atoms with Gasteiger partial charge in [-0.25, -0.2) is 0 Å². The Bertz CT molecular complexity index is 1710. The number of azide groups is 1. The van der Waals surface area contributed by atoms with Crippen LogP contribution in [0.2, 0.25) is 0 Å². The molecule has 240 valence electrons. The summed E-state index contributed by atoms with van der Waals surface area (Å²) in [6, 6.07) is 22.6. The summed E-state index contributed by atoms with van der Waals surface area (Å²) in [7, 11) is 0. The first-order chi connectivity index (χ1) is 21.7. The minimum absolute atomic E-state index is 0.0113. The maximum atomic E-state index is 12.2. The standard InChI is InChI=1S/C15H11F3N4O2.C15H12F3NO3/c16-15(17,18)24-13-6-2-4-11(8-13)14(23)21-12-5-1-3-10(7-12)9-20-22-19;16-15(17,18)22-13-6-2-4-11(8-13)14(21)19-12-5-1-3-10(7-12)9-20/h1-8H,9H2,(H,21,23);1-8,20H,9H2,(H,19,21). The number of nitrogens with one attached hydrogen (secondary N) is 2. The van der Waals surface area contributed by atoms with Crippen LogP contribution in [-0.4, -0.2) is 29.6 Å². The minimum atomic E-state index is -4.83. The van der Waals surface area contributed by atoms with E-state index in [1.54, 1.807) is 48.5 Å². The van der Waals surface area contributed by atoms with Crippen molar-refractivity contribution < 1.29 is 50.5 Å². The summed E-state index contributed by atoms with van der Waals surface area (Å²) in [5.41, 5.74) is 10.5. The quantitative estimate of drug-likeness (QED) is 0.0730. The Balaban J connectivity index is 0.000000251. The van der Waals surface area contributed by atoms with Crippen molar-refractivity contribution in [1.29, 1.82) is 0 Å². The lowest BCUT2D eigenvalue weighted by Gasteiger charge is -2.10. The van der Waals surface area contributed by atoms with E-state index >= 15 is 0 Å². The summed E-state index contributed by atoms with van der Waals surface area (Å²) in [5, 5.41) is 17.5. The molecule has 16 heteroatoms. The topological polar surface area (TPSA) is 146 Å². The van der Waals surface area contributed by atoms with Crippen molar-refractivity contribution in [2.24, 2.45) is 5.11 Å². The smallest absolute Gasteiger partial charge is 0.406 e. The molecule has 0 saturated carbocycles. The van der Waals surface area contributed by atoms with Gasteiger partial charge >= 0.3 is 12.7 Å². The van der Waals surface area contributed by atoms with E-state index in [4.69, 9.17) is 10.6 Å². The third kappa shape index (κ3) is 12.1. The molecule has 4 aromatic rings. The van der Waals surface area contributed by atoms with Crippen LogP contribution < -0.4 is 20.1 Å². The second kappa shape index (κ2) is 15.8. The Kier molecular flexibility index (Phi) is 12.0. The maximum Gasteiger partial charge on any atom is 0.573 e. The number of aliphatic hydroxyl groups is 1. The van der Waals surface area contributed by atoms with Crippen molar-refractivity contribution in [3.05, 3.63) is 130 Å². The number of benzene rings is 4. The highest BCUT2D eigenvalue weighted by Crippen LogP contribution is 2.25. The molecule has 0 aliphatic rings. The molecular weight excluding hydrogens is 624 g/mol. The molecule has 0 heterocycles. The fraction of sp³-hybridized carbons (Fsp3) is 0.133. The maximum absolute atomic E-state index is 12.2. The monoisotopic (exact) mass is 647 g/mol. The average molecular weight is 648 g/mol. The van der Waals surface area contributed by atoms with Crippen molar-refractivity contribution in [3.8, 4) is 11.5 Å². The highest BCUT2D eigenvalue weighted by Gasteiger charge is 2.32. The van der Waals surface area contributed by atoms with Crippen LogP contribution in [0.25, 0.3) is 10.4 Å². The molecule has 0 atom stereocenters. The fourth-order valence-electron chi connectivity index (χ4n) is 3.68. The van der Waals surface area contributed by atoms with Gasteiger partial charge in [0, 0.05) is 27.4 Å². The number of carbonyl (C=O) groups is 2. The first-order valence-electron chi connectivity index (χ1n) is 12.9. The molecule has 10 nitrogen and oxygen atoms in total. The van der Waals surface area contributed by atoms with Crippen LogP contribution in [0.1, 0.15) is 31.8 Å². The number of alkyl halides is 6. The molecule has 0 aromatic heterocycles. The zero-order valence-corrected chi connectivity index (χ0v) is 23.3. The molecule has 3 N–H and O–H groups in total. The van der Waals surface area contributed by atoms with Gasteiger partial charge in [0.05, 0.1) is 13.2 Å². The number of ether oxygens (including phenoxy) is 2. The number of hydrogen-bond donors (Lipinski definition) is 3. The third-order valence-corrected chi connectivity index (χ3v) is 5.53. The average Bonchev–Trinajstić information content (AvgIpc) is 2.99. The number of amides is 2. The van der Waals surface area contributed by atoms with Crippen LogP contribution in [0.15, 0.2) is 102 Å². The molecule has 0 spiro atoms. The van der Waals surface area contributed by atoms with Gasteiger partial charge in [0.2, 0.25) is 0 Å². The Morgan fingerprint density at radius 1 is 0.696 bits per heavy atom. The first-order valence-corrected chi connectivity index (χ1v) is 12.9. The Morgan fingerprint density at radius 3 is 1.57 bits per heavy atom. The van der Waals surface area contributed by atoms with E-state index in [-0.39, 0.29) is 24.3 Å². The van der Waals surface area contributed by atoms with Crippen LogP contribution in [0.5, 0.6) is 11.5 Å². The molecule has 0 saturated heterocycles. The summed E-state index contributed by atoms with van der Waals surface area (Å²) in [6.07, 6.45) is -9.64. The van der Waals surface area contributed by atoms with Crippen molar-refractivity contribution in [2.45, 2.75) is 25.9 Å². The predicted octanol–water partition coefficient (Wildman–Crippen LogP) is 7.98. The summed E-state index contributed by atoms with van der Waals surface area (Å²) < 4.78 is 80.6. The predicted molar refractivity (Wildman–Crippen MR) is 154 cm³/mol. The lowest BCUT2D eigenvalue weighted by molar-refractivity contribution is -0.275. The highest BCUT2D eigenvalue weighted by molar-refractivity contribution is 6.05. The van der Waals surface area contributed by atoms with Gasteiger partial charge in [0.25, 0.3) is 11.8 Å². The summed E-state index contributed by atoms with van der Waals surface area (Å²) in [5.74, 6) is -2.12. The number of hydrogen-bond acceptors (Lipinski definition) is 6. The molecule has 0 bridgehead atoms. The number of carbonyl (C=O) groups excluding carboxylic acids is 2. The number of halogens is 6. The number of anilines is 2. The first kappa shape index (κ1) is 34.8. The minimum Gasteiger partial charge on any atom is -0.406 e. The second-order valence-corrected chi connectivity index (χ2v) is 9.01. The molecule has 4 aromatic carbocycles. The molecule has 0 unspecified atom stereocenters. The van der Waals surface area contributed by atoms with Gasteiger partial charge in [-0.05, 0) is 77.3 Å². The highest BCUT2D eigenvalue weighted by atomic mass is 19.4. The fourth-order valence-corrected chi connectivity index (χ4v) is 3.68. The Labute approximate surface area is 256 Å². The summed E-state index contributed by atoms with van der Waals surface area (Å²) in [4.78, 5) is 26.8. The largest absolute Gasteiger partial charge is 0.573 e. The Hall–Kier alpha value is -5.73. The molecule has 4 rings (SSSR count). The van der Waals surface area contributed by atoms with Crippen LogP contribution in [0.3, 0.4) is 0 Å². The molecule has 0 radical (unpaired) electrons. The van der Waals surface area contributed by atoms with Crippen LogP contribution in [0, 0.1) is 0 Å². The van der Waals surface area contributed by atoms with Crippen LogP contribution >= 0.6 is 0 Å². The molecular formula is C30H23F6N5O5. The van der Waals surface area contributed by atoms with Crippen molar-refractivity contribution in [1.82, 2.24) is 0 Å². The van der Waals surface area contributed by atoms with Gasteiger partial charge in [-0.15, -0.1) is 26.3 Å². The molecule has 2 amide bonds. The van der Waals surface area contributed by atoms with E-state index in [9.17, 15) is 35.9 Å². The van der Waals surface area contributed by atoms with Gasteiger partial charge in [-0.1, -0.05) is 41.5 Å². The number of nitrogens with zero attached hydrogens (tertiary/aromatic N) is 3. The van der Waals surface area contributed by atoms with Gasteiger partial charge in [-0.2, -0.15) is 0 Å². The SMILES string of the molecule is O=C(Nc1cccc(CO)c1)c1cccc(OC(F)(F)F)c1.[N-]=[N+]=NCc1cccc(NC(=O)c2cccc(OC(F)(F)F)c2)c1. The van der Waals surface area contributed by atoms with Gasteiger partial charge in [0.15, 0.2) is 0 Å². The molecule has 0 fully saturated rings. The van der Waals surface area contributed by atoms with E-state index in [1.807, 2.05) is 0 Å². The van der Waals surface area contributed by atoms with Gasteiger partial charge in [0.1, 0.15) is 11.5 Å². The van der Waals surface area contributed by atoms with E-state index < -0.39 is 36.0 Å². The zero-order valence-electron chi connectivity index (χ0n) is 23.3. The van der Waals surface area contributed by atoms with Crippen LogP contribution in [-0.2, 0) is 13.2 Å². The number of aliphatic hydroxyl groups excluding tert-OH is 1.